The fourth-order valence-electron chi connectivity index (χ4n) is 1.09. The highest BCUT2D eigenvalue weighted by atomic mass is 79.9. The van der Waals surface area contributed by atoms with Crippen molar-refractivity contribution in [3.63, 3.8) is 0 Å². The van der Waals surface area contributed by atoms with Gasteiger partial charge in [0.1, 0.15) is 17.2 Å². The van der Waals surface area contributed by atoms with E-state index >= 15 is 0 Å². The lowest BCUT2D eigenvalue weighted by molar-refractivity contribution is 0.764. The molecule has 90 valence electrons. The number of hydrogen-bond acceptors (Lipinski definition) is 7. The number of rotatable bonds is 3. The van der Waals surface area contributed by atoms with Crippen LogP contribution in [0.25, 0.3) is 0 Å². The van der Waals surface area contributed by atoms with Gasteiger partial charge in [-0.1, -0.05) is 0 Å². The van der Waals surface area contributed by atoms with Gasteiger partial charge in [0.15, 0.2) is 11.0 Å². The zero-order chi connectivity index (χ0) is 12.4. The Morgan fingerprint density at radius 3 is 2.76 bits per heavy atom. The molecule has 0 radical (unpaired) electrons. The molecule has 0 bridgehead atoms. The molecule has 0 atom stereocenters. The summed E-state index contributed by atoms with van der Waals surface area (Å²) in [7, 11) is 1.90. The summed E-state index contributed by atoms with van der Waals surface area (Å²) in [5.41, 5.74) is 2.49. The lowest BCUT2D eigenvalue weighted by atomic mass is 10.6. The van der Waals surface area contributed by atoms with Crippen LogP contribution in [0.1, 0.15) is 5.82 Å². The van der Waals surface area contributed by atoms with Crippen LogP contribution in [-0.2, 0) is 7.05 Å². The van der Waals surface area contributed by atoms with Gasteiger partial charge in [-0.15, -0.1) is 10.2 Å². The topological polar surface area (TPSA) is 94.5 Å². The van der Waals surface area contributed by atoms with Gasteiger partial charge < -0.3 is 9.99 Å². The number of nitrogen functional groups attached to an aromatic ring is 1. The number of nitrogens with zero attached hydrogens (tertiary/aromatic N) is 5. The van der Waals surface area contributed by atoms with Crippen LogP contribution in [0.15, 0.2) is 21.0 Å². The zero-order valence-corrected chi connectivity index (χ0v) is 11.6. The van der Waals surface area contributed by atoms with Gasteiger partial charge in [-0.3, -0.25) is 0 Å². The van der Waals surface area contributed by atoms with Crippen LogP contribution in [-0.4, -0.2) is 24.7 Å². The summed E-state index contributed by atoms with van der Waals surface area (Å²) in [5.74, 6) is 6.71. The summed E-state index contributed by atoms with van der Waals surface area (Å²) in [6.45, 7) is 1.89. The van der Waals surface area contributed by atoms with Crippen LogP contribution in [0.4, 0.5) is 5.82 Å². The highest BCUT2D eigenvalue weighted by Gasteiger charge is 2.13. The fraction of sp³-hybridized carbons (Fsp3) is 0.250. The Kier molecular flexibility index (Phi) is 3.60. The maximum absolute atomic E-state index is 5.33. The molecule has 0 aliphatic heterocycles. The number of nitrogens with two attached hydrogens (primary N) is 1. The molecular formula is C8H10BrN7S. The first-order valence-corrected chi connectivity index (χ1v) is 6.25. The lowest BCUT2D eigenvalue weighted by Crippen LogP contribution is -2.09. The molecule has 0 aliphatic rings. The number of hydrazine groups is 1. The summed E-state index contributed by atoms with van der Waals surface area (Å²) >= 11 is 4.77. The molecule has 0 saturated heterocycles. The summed E-state index contributed by atoms with van der Waals surface area (Å²) < 4.78 is 2.59. The summed E-state index contributed by atoms with van der Waals surface area (Å²) in [4.78, 5) is 8.14. The second kappa shape index (κ2) is 4.98. The van der Waals surface area contributed by atoms with Gasteiger partial charge in [-0.2, -0.15) is 0 Å². The predicted molar refractivity (Wildman–Crippen MR) is 67.4 cm³/mol. The quantitative estimate of drug-likeness (QED) is 0.497. The minimum Gasteiger partial charge on any atom is -0.309 e. The summed E-state index contributed by atoms with van der Waals surface area (Å²) in [5, 5.41) is 9.51. The van der Waals surface area contributed by atoms with Crippen LogP contribution in [0.2, 0.25) is 0 Å². The number of aromatic nitrogens is 5. The first-order valence-electron chi connectivity index (χ1n) is 4.64. The molecule has 9 heteroatoms. The van der Waals surface area contributed by atoms with Gasteiger partial charge >= 0.3 is 0 Å². The fourth-order valence-corrected chi connectivity index (χ4v) is 2.46. The molecule has 0 saturated carbocycles. The van der Waals surface area contributed by atoms with Crippen LogP contribution in [0.5, 0.6) is 0 Å². The van der Waals surface area contributed by atoms with Gasteiger partial charge in [0, 0.05) is 7.05 Å². The minimum atomic E-state index is 0.529. The maximum Gasteiger partial charge on any atom is 0.197 e. The number of anilines is 1. The molecule has 3 N–H and O–H groups in total. The van der Waals surface area contributed by atoms with Crippen molar-refractivity contribution in [3.05, 3.63) is 16.6 Å². The van der Waals surface area contributed by atoms with E-state index in [-0.39, 0.29) is 0 Å². The first-order chi connectivity index (χ1) is 8.13. The van der Waals surface area contributed by atoms with E-state index in [0.29, 0.717) is 10.3 Å². The van der Waals surface area contributed by atoms with Gasteiger partial charge in [0.25, 0.3) is 0 Å². The van der Waals surface area contributed by atoms with E-state index in [0.717, 1.165) is 16.0 Å². The highest BCUT2D eigenvalue weighted by molar-refractivity contribution is 9.10. The molecule has 0 unspecified atom stereocenters. The Hall–Kier alpha value is -1.19. The monoisotopic (exact) mass is 315 g/mol. The zero-order valence-electron chi connectivity index (χ0n) is 9.18. The Bertz CT molecular complexity index is 541. The van der Waals surface area contributed by atoms with Gasteiger partial charge in [0.05, 0.1) is 4.47 Å². The third-order valence-corrected chi connectivity index (χ3v) is 4.19. The summed E-state index contributed by atoms with van der Waals surface area (Å²) in [6.07, 6.45) is 1.44. The van der Waals surface area contributed by atoms with Crippen molar-refractivity contribution in [3.8, 4) is 0 Å². The van der Waals surface area contributed by atoms with Crippen molar-refractivity contribution in [1.82, 2.24) is 24.7 Å². The highest BCUT2D eigenvalue weighted by Crippen LogP contribution is 2.33. The van der Waals surface area contributed by atoms with Crippen LogP contribution >= 0.6 is 27.7 Å². The number of hydrogen-bond donors (Lipinski definition) is 2. The summed E-state index contributed by atoms with van der Waals surface area (Å²) in [6, 6.07) is 0. The lowest BCUT2D eigenvalue weighted by Gasteiger charge is -2.06. The molecule has 17 heavy (non-hydrogen) atoms. The van der Waals surface area contributed by atoms with Gasteiger partial charge in [-0.05, 0) is 34.6 Å². The van der Waals surface area contributed by atoms with E-state index in [4.69, 9.17) is 5.84 Å². The molecule has 0 aliphatic carbocycles. The second-order valence-electron chi connectivity index (χ2n) is 3.18. The smallest absolute Gasteiger partial charge is 0.197 e. The first kappa shape index (κ1) is 12.3. The Labute approximate surface area is 110 Å². The molecule has 7 nitrogen and oxygen atoms in total. The molecule has 2 rings (SSSR count). The van der Waals surface area contributed by atoms with Crippen molar-refractivity contribution < 1.29 is 0 Å². The third kappa shape index (κ3) is 2.40. The average molecular weight is 316 g/mol. The van der Waals surface area contributed by atoms with Crippen molar-refractivity contribution in [1.29, 1.82) is 0 Å². The molecule has 2 aromatic heterocycles. The number of nitrogens with one attached hydrogen (secondary N) is 1. The molecule has 0 aromatic carbocycles. The van der Waals surface area contributed by atoms with Crippen molar-refractivity contribution in [2.75, 3.05) is 5.43 Å². The van der Waals surface area contributed by atoms with E-state index < -0.39 is 0 Å². The second-order valence-corrected chi connectivity index (χ2v) is 4.93. The molecule has 0 amide bonds. The van der Waals surface area contributed by atoms with Crippen molar-refractivity contribution >= 4 is 33.5 Å². The Balaban J connectivity index is 2.33. The van der Waals surface area contributed by atoms with Crippen LogP contribution in [0, 0.1) is 6.92 Å². The van der Waals surface area contributed by atoms with Gasteiger partial charge in [-0.25, -0.2) is 15.8 Å². The Morgan fingerprint density at radius 1 is 1.41 bits per heavy atom. The SMILES string of the molecule is Cc1nnc(Sc2ncnc(NN)c2Br)n1C. The Morgan fingerprint density at radius 2 is 2.18 bits per heavy atom. The number of halogens is 1. The normalized spacial score (nSPS) is 10.6. The number of aryl methyl sites for hydroxylation is 1. The van der Waals surface area contributed by atoms with E-state index in [1.54, 1.807) is 0 Å². The predicted octanol–water partition coefficient (Wildman–Crippen LogP) is 1.11. The van der Waals surface area contributed by atoms with E-state index in [1.165, 1.54) is 18.1 Å². The molecule has 2 heterocycles. The van der Waals surface area contributed by atoms with E-state index in [2.05, 4.69) is 41.5 Å². The molecule has 2 aromatic rings. The maximum atomic E-state index is 5.33. The molecule has 0 fully saturated rings. The minimum absolute atomic E-state index is 0.529. The van der Waals surface area contributed by atoms with E-state index in [9.17, 15) is 0 Å². The average Bonchev–Trinajstić information content (AvgIpc) is 2.64. The molecule has 0 spiro atoms. The third-order valence-electron chi connectivity index (χ3n) is 2.13. The van der Waals surface area contributed by atoms with Crippen LogP contribution in [0.3, 0.4) is 0 Å². The standard InChI is InChI=1S/C8H10BrN7S/c1-4-14-15-8(16(4)2)17-7-5(9)6(13-10)11-3-12-7/h3H,10H2,1-2H3,(H,11,12,13). The van der Waals surface area contributed by atoms with Crippen molar-refractivity contribution in [2.24, 2.45) is 12.9 Å². The van der Waals surface area contributed by atoms with E-state index in [1.807, 2.05) is 18.5 Å². The van der Waals surface area contributed by atoms with Crippen molar-refractivity contribution in [2.45, 2.75) is 17.1 Å². The largest absolute Gasteiger partial charge is 0.309 e. The molecular weight excluding hydrogens is 306 g/mol. The van der Waals surface area contributed by atoms with Crippen LogP contribution < -0.4 is 11.3 Å². The van der Waals surface area contributed by atoms with Gasteiger partial charge in [0.2, 0.25) is 0 Å².